The van der Waals surface area contributed by atoms with Crippen LogP contribution in [0.15, 0.2) is 36.5 Å². The Hall–Kier alpha value is -2.83. The van der Waals surface area contributed by atoms with Gasteiger partial charge in [0, 0.05) is 12.7 Å². The van der Waals surface area contributed by atoms with Gasteiger partial charge in [0.05, 0.1) is 6.54 Å². The zero-order chi connectivity index (χ0) is 18.9. The maximum Gasteiger partial charge on any atom is 0.341 e. The van der Waals surface area contributed by atoms with Crippen LogP contribution in [0, 0.1) is 5.92 Å². The van der Waals surface area contributed by atoms with Gasteiger partial charge in [0.15, 0.2) is 0 Å². The van der Waals surface area contributed by atoms with Crippen LogP contribution in [0.25, 0.3) is 0 Å². The molecule has 2 aromatic rings. The molecule has 0 bridgehead atoms. The number of carbonyl (C=O) groups is 1. The Kier molecular flexibility index (Phi) is 6.84. The van der Waals surface area contributed by atoms with E-state index in [2.05, 4.69) is 20.6 Å². The summed E-state index contributed by atoms with van der Waals surface area (Å²) in [5.74, 6) is 1.12. The molecule has 3 N–H and O–H groups in total. The van der Waals surface area contributed by atoms with Crippen molar-refractivity contribution in [3.05, 3.63) is 42.1 Å². The van der Waals surface area contributed by atoms with E-state index in [1.807, 2.05) is 30.3 Å². The van der Waals surface area contributed by atoms with E-state index in [0.29, 0.717) is 30.8 Å². The van der Waals surface area contributed by atoms with E-state index >= 15 is 0 Å². The Morgan fingerprint density at radius 1 is 1.15 bits per heavy atom. The van der Waals surface area contributed by atoms with Gasteiger partial charge in [-0.2, -0.15) is 4.98 Å². The number of rotatable bonds is 9. The topological polar surface area (TPSA) is 96.4 Å². The first-order valence-electron chi connectivity index (χ1n) is 9.48. The third kappa shape index (κ3) is 5.84. The Balaban J connectivity index is 1.55. The molecule has 1 aliphatic rings. The fourth-order valence-electron chi connectivity index (χ4n) is 3.24. The van der Waals surface area contributed by atoms with E-state index in [9.17, 15) is 9.90 Å². The predicted molar refractivity (Wildman–Crippen MR) is 104 cm³/mol. The van der Waals surface area contributed by atoms with Gasteiger partial charge in [0.25, 0.3) is 0 Å². The van der Waals surface area contributed by atoms with Crippen LogP contribution >= 0.6 is 0 Å². The minimum Gasteiger partial charge on any atom is -0.492 e. The number of aromatic carboxylic acids is 1. The van der Waals surface area contributed by atoms with Crippen molar-refractivity contribution < 1.29 is 14.6 Å². The Labute approximate surface area is 159 Å². The molecule has 3 rings (SSSR count). The average molecular weight is 370 g/mol. The largest absolute Gasteiger partial charge is 0.492 e. The number of hydrogen-bond acceptors (Lipinski definition) is 6. The van der Waals surface area contributed by atoms with Gasteiger partial charge in [-0.15, -0.1) is 0 Å². The number of hydrogen-bond donors (Lipinski definition) is 3. The van der Waals surface area contributed by atoms with Crippen LogP contribution < -0.4 is 15.4 Å². The zero-order valence-corrected chi connectivity index (χ0v) is 15.4. The molecular formula is C20H26N4O3. The van der Waals surface area contributed by atoms with Gasteiger partial charge < -0.3 is 20.5 Å². The molecule has 1 aromatic heterocycles. The lowest BCUT2D eigenvalue weighted by Crippen LogP contribution is -2.20. The van der Waals surface area contributed by atoms with Crippen molar-refractivity contribution in [3.63, 3.8) is 0 Å². The van der Waals surface area contributed by atoms with Crippen molar-refractivity contribution in [2.24, 2.45) is 5.92 Å². The monoisotopic (exact) mass is 370 g/mol. The number of nitrogens with one attached hydrogen (secondary N) is 2. The summed E-state index contributed by atoms with van der Waals surface area (Å²) in [6.45, 7) is 1.66. The van der Waals surface area contributed by atoms with E-state index in [1.54, 1.807) is 0 Å². The summed E-state index contributed by atoms with van der Waals surface area (Å²) < 4.78 is 5.62. The highest BCUT2D eigenvalue weighted by molar-refractivity contribution is 5.92. The van der Waals surface area contributed by atoms with E-state index in [-0.39, 0.29) is 5.56 Å². The first-order valence-corrected chi connectivity index (χ1v) is 9.48. The number of benzene rings is 1. The molecule has 144 valence electrons. The van der Waals surface area contributed by atoms with Gasteiger partial charge in [0.2, 0.25) is 5.95 Å². The molecule has 27 heavy (non-hydrogen) atoms. The molecule has 0 aliphatic heterocycles. The second kappa shape index (κ2) is 9.75. The normalized spacial score (nSPS) is 14.5. The second-order valence-corrected chi connectivity index (χ2v) is 6.73. The van der Waals surface area contributed by atoms with Gasteiger partial charge in [-0.1, -0.05) is 37.5 Å². The molecule has 1 aromatic carbocycles. The quantitative estimate of drug-likeness (QED) is 0.580. The summed E-state index contributed by atoms with van der Waals surface area (Å²) in [5, 5.41) is 15.7. The van der Waals surface area contributed by atoms with Crippen molar-refractivity contribution in [3.8, 4) is 5.75 Å². The van der Waals surface area contributed by atoms with Crippen LogP contribution in [0.1, 0.15) is 42.5 Å². The van der Waals surface area contributed by atoms with Crippen molar-refractivity contribution in [1.82, 2.24) is 9.97 Å². The van der Waals surface area contributed by atoms with Gasteiger partial charge in [-0.05, 0) is 30.9 Å². The molecule has 7 heteroatoms. The lowest BCUT2D eigenvalue weighted by atomic mass is 9.89. The maximum absolute atomic E-state index is 11.4. The van der Waals surface area contributed by atoms with Gasteiger partial charge in [-0.3, -0.25) is 0 Å². The highest BCUT2D eigenvalue weighted by Crippen LogP contribution is 2.24. The third-order valence-corrected chi connectivity index (χ3v) is 4.70. The fraction of sp³-hybridized carbons (Fsp3) is 0.450. The van der Waals surface area contributed by atoms with Crippen molar-refractivity contribution in [1.29, 1.82) is 0 Å². The molecule has 0 radical (unpaired) electrons. The van der Waals surface area contributed by atoms with E-state index < -0.39 is 5.97 Å². The molecule has 1 heterocycles. The molecule has 1 fully saturated rings. The summed E-state index contributed by atoms with van der Waals surface area (Å²) in [6, 6.07) is 9.48. The summed E-state index contributed by atoms with van der Waals surface area (Å²) >= 11 is 0. The molecule has 0 amide bonds. The number of para-hydroxylation sites is 1. The van der Waals surface area contributed by atoms with E-state index in [0.717, 1.165) is 12.3 Å². The molecule has 0 saturated heterocycles. The molecule has 1 aliphatic carbocycles. The Morgan fingerprint density at radius 3 is 2.67 bits per heavy atom. The lowest BCUT2D eigenvalue weighted by Gasteiger charge is -2.21. The zero-order valence-electron chi connectivity index (χ0n) is 15.4. The summed E-state index contributed by atoms with van der Waals surface area (Å²) in [4.78, 5) is 19.9. The summed E-state index contributed by atoms with van der Waals surface area (Å²) in [7, 11) is 0. The maximum atomic E-state index is 11.4. The van der Waals surface area contributed by atoms with Gasteiger partial charge >= 0.3 is 5.97 Å². The van der Waals surface area contributed by atoms with Crippen molar-refractivity contribution in [2.45, 2.75) is 32.1 Å². The summed E-state index contributed by atoms with van der Waals surface area (Å²) in [5.41, 5.74) is 0.0536. The number of nitrogens with zero attached hydrogens (tertiary/aromatic N) is 2. The molecule has 1 saturated carbocycles. The molecular weight excluding hydrogens is 344 g/mol. The van der Waals surface area contributed by atoms with Crippen LogP contribution in [0.3, 0.4) is 0 Å². The minimum atomic E-state index is -1.06. The predicted octanol–water partition coefficient (Wildman–Crippen LogP) is 3.66. The lowest BCUT2D eigenvalue weighted by molar-refractivity contribution is 0.0697. The first kappa shape index (κ1) is 18.9. The Morgan fingerprint density at radius 2 is 1.93 bits per heavy atom. The van der Waals surface area contributed by atoms with E-state index in [1.165, 1.54) is 38.3 Å². The average Bonchev–Trinajstić information content (AvgIpc) is 2.71. The van der Waals surface area contributed by atoms with Crippen LogP contribution in [0.4, 0.5) is 11.8 Å². The minimum absolute atomic E-state index is 0.0536. The number of aromatic nitrogens is 2. The standard InChI is InChI=1S/C20H26N4O3/c25-19(26)17-14-23-20(22-13-15-7-3-1-4-8-15)24-18(17)21-11-12-27-16-9-5-2-6-10-16/h2,5-6,9-10,14-15H,1,3-4,7-8,11-13H2,(H,25,26)(H2,21,22,23,24). The van der Waals surface area contributed by atoms with Crippen LogP contribution in [0.5, 0.6) is 5.75 Å². The molecule has 0 atom stereocenters. The summed E-state index contributed by atoms with van der Waals surface area (Å²) in [6.07, 6.45) is 7.67. The van der Waals surface area contributed by atoms with Crippen LogP contribution in [0.2, 0.25) is 0 Å². The van der Waals surface area contributed by atoms with E-state index in [4.69, 9.17) is 4.74 Å². The molecule has 0 unspecified atom stereocenters. The number of carboxylic acids is 1. The van der Waals surface area contributed by atoms with Crippen LogP contribution in [-0.2, 0) is 0 Å². The number of carboxylic acid groups (broad SMARTS) is 1. The molecule has 0 spiro atoms. The first-order chi connectivity index (χ1) is 13.2. The molecule has 7 nitrogen and oxygen atoms in total. The number of anilines is 2. The third-order valence-electron chi connectivity index (χ3n) is 4.70. The Bertz CT molecular complexity index is 733. The van der Waals surface area contributed by atoms with Crippen molar-refractivity contribution >= 4 is 17.7 Å². The second-order valence-electron chi connectivity index (χ2n) is 6.73. The SMILES string of the molecule is O=C(O)c1cnc(NCC2CCCCC2)nc1NCCOc1ccccc1. The number of ether oxygens (including phenoxy) is 1. The van der Waals surface area contributed by atoms with Crippen molar-refractivity contribution in [2.75, 3.05) is 30.3 Å². The van der Waals surface area contributed by atoms with Crippen LogP contribution in [-0.4, -0.2) is 40.7 Å². The fourth-order valence-corrected chi connectivity index (χ4v) is 3.24. The highest BCUT2D eigenvalue weighted by atomic mass is 16.5. The smallest absolute Gasteiger partial charge is 0.341 e. The van der Waals surface area contributed by atoms with Gasteiger partial charge in [0.1, 0.15) is 23.7 Å². The van der Waals surface area contributed by atoms with Gasteiger partial charge in [-0.25, -0.2) is 9.78 Å². The highest BCUT2D eigenvalue weighted by Gasteiger charge is 2.16.